The molecule has 0 radical (unpaired) electrons. The molecule has 0 saturated heterocycles. The highest BCUT2D eigenvalue weighted by Crippen LogP contribution is 2.27. The Morgan fingerprint density at radius 2 is 2.16 bits per heavy atom. The molecule has 1 aromatic rings. The Hall–Kier alpha value is -0.870. The van der Waals surface area contributed by atoms with E-state index in [-0.39, 0.29) is 11.9 Å². The van der Waals surface area contributed by atoms with Crippen molar-refractivity contribution >= 4 is 21.8 Å². The summed E-state index contributed by atoms with van der Waals surface area (Å²) in [6.45, 7) is 2.50. The van der Waals surface area contributed by atoms with Gasteiger partial charge in [0.25, 0.3) is 5.91 Å². The first-order chi connectivity index (χ1) is 9.11. The van der Waals surface area contributed by atoms with E-state index in [4.69, 9.17) is 5.73 Å². The van der Waals surface area contributed by atoms with Crippen LogP contribution in [0, 0.1) is 12.8 Å². The normalized spacial score (nSPS) is 17.4. The zero-order chi connectivity index (χ0) is 13.8. The van der Waals surface area contributed by atoms with Gasteiger partial charge in [-0.2, -0.15) is 0 Å². The van der Waals surface area contributed by atoms with Gasteiger partial charge in [0.1, 0.15) is 0 Å². The van der Waals surface area contributed by atoms with Crippen LogP contribution in [0.3, 0.4) is 0 Å². The maximum absolute atomic E-state index is 12.3. The third-order valence-electron chi connectivity index (χ3n) is 3.96. The van der Waals surface area contributed by atoms with Crippen molar-refractivity contribution in [3.63, 3.8) is 0 Å². The van der Waals surface area contributed by atoms with E-state index >= 15 is 0 Å². The molecule has 0 bridgehead atoms. The average molecular weight is 325 g/mol. The number of aryl methyl sites for hydroxylation is 1. The number of halogens is 1. The largest absolute Gasteiger partial charge is 0.348 e. The predicted octanol–water partition coefficient (Wildman–Crippen LogP) is 3.00. The molecule has 3 nitrogen and oxygen atoms in total. The molecule has 0 heterocycles. The van der Waals surface area contributed by atoms with Crippen LogP contribution < -0.4 is 11.1 Å². The summed E-state index contributed by atoms with van der Waals surface area (Å²) in [5.74, 6) is 0.531. The molecule has 1 fully saturated rings. The van der Waals surface area contributed by atoms with Gasteiger partial charge < -0.3 is 11.1 Å². The Bertz CT molecular complexity index is 455. The van der Waals surface area contributed by atoms with E-state index in [1.807, 2.05) is 25.1 Å². The Morgan fingerprint density at radius 3 is 2.74 bits per heavy atom. The fourth-order valence-electron chi connectivity index (χ4n) is 2.77. The number of carbonyl (C=O) groups is 1. The minimum absolute atomic E-state index is 0.0158. The molecular weight excluding hydrogens is 304 g/mol. The summed E-state index contributed by atoms with van der Waals surface area (Å²) in [7, 11) is 0. The third kappa shape index (κ3) is 3.57. The van der Waals surface area contributed by atoms with E-state index in [0.29, 0.717) is 18.0 Å². The second kappa shape index (κ2) is 6.53. The quantitative estimate of drug-likeness (QED) is 0.894. The van der Waals surface area contributed by atoms with Crippen LogP contribution in [0.25, 0.3) is 0 Å². The second-order valence-corrected chi connectivity index (χ2v) is 6.18. The number of benzene rings is 1. The fourth-order valence-corrected chi connectivity index (χ4v) is 3.01. The molecule has 0 aromatic heterocycles. The van der Waals surface area contributed by atoms with Gasteiger partial charge in [0.15, 0.2) is 0 Å². The van der Waals surface area contributed by atoms with Crippen LogP contribution >= 0.6 is 15.9 Å². The van der Waals surface area contributed by atoms with Crippen molar-refractivity contribution in [1.29, 1.82) is 0 Å². The van der Waals surface area contributed by atoms with Crippen LogP contribution in [0.5, 0.6) is 0 Å². The van der Waals surface area contributed by atoms with E-state index < -0.39 is 0 Å². The number of carbonyl (C=O) groups excluding carboxylic acids is 1. The maximum atomic E-state index is 12.3. The first kappa shape index (κ1) is 14.5. The monoisotopic (exact) mass is 324 g/mol. The standard InChI is InChI=1S/C15H21BrN2O/c1-10-8-12(6-7-13(10)16)15(19)18-14(9-17)11-4-2-3-5-11/h6-8,11,14H,2-5,9,17H2,1H3,(H,18,19). The van der Waals surface area contributed by atoms with E-state index in [9.17, 15) is 4.79 Å². The molecule has 1 aromatic carbocycles. The van der Waals surface area contributed by atoms with Crippen molar-refractivity contribution in [2.45, 2.75) is 38.6 Å². The van der Waals surface area contributed by atoms with Crippen molar-refractivity contribution in [2.75, 3.05) is 6.54 Å². The van der Waals surface area contributed by atoms with Crippen LogP contribution in [0.2, 0.25) is 0 Å². The highest BCUT2D eigenvalue weighted by atomic mass is 79.9. The van der Waals surface area contributed by atoms with Crippen molar-refractivity contribution in [2.24, 2.45) is 11.7 Å². The molecule has 1 aliphatic rings. The van der Waals surface area contributed by atoms with Gasteiger partial charge >= 0.3 is 0 Å². The molecule has 0 spiro atoms. The van der Waals surface area contributed by atoms with E-state index in [2.05, 4.69) is 21.2 Å². The number of hydrogen-bond acceptors (Lipinski definition) is 2. The van der Waals surface area contributed by atoms with Crippen LogP contribution in [-0.4, -0.2) is 18.5 Å². The summed E-state index contributed by atoms with van der Waals surface area (Å²) in [5.41, 5.74) is 7.58. The Labute approximate surface area is 123 Å². The zero-order valence-corrected chi connectivity index (χ0v) is 12.9. The highest BCUT2D eigenvalue weighted by Gasteiger charge is 2.25. The maximum Gasteiger partial charge on any atom is 0.251 e. The molecule has 2 rings (SSSR count). The summed E-state index contributed by atoms with van der Waals surface area (Å²) in [5, 5.41) is 3.09. The molecule has 1 aliphatic carbocycles. The minimum Gasteiger partial charge on any atom is -0.348 e. The van der Waals surface area contributed by atoms with Crippen LogP contribution in [0.15, 0.2) is 22.7 Å². The summed E-state index contributed by atoms with van der Waals surface area (Å²) in [6, 6.07) is 5.77. The fraction of sp³-hybridized carbons (Fsp3) is 0.533. The molecule has 1 amide bonds. The number of rotatable bonds is 4. The predicted molar refractivity (Wildman–Crippen MR) is 81.1 cm³/mol. The number of nitrogens with one attached hydrogen (secondary N) is 1. The van der Waals surface area contributed by atoms with Gasteiger partial charge in [-0.25, -0.2) is 0 Å². The smallest absolute Gasteiger partial charge is 0.251 e. The minimum atomic E-state index is -0.0158. The molecular formula is C15H21BrN2O. The lowest BCUT2D eigenvalue weighted by Crippen LogP contribution is -2.44. The third-order valence-corrected chi connectivity index (χ3v) is 4.85. The van der Waals surface area contributed by atoms with Crippen LogP contribution in [-0.2, 0) is 0 Å². The van der Waals surface area contributed by atoms with Crippen molar-refractivity contribution in [1.82, 2.24) is 5.32 Å². The second-order valence-electron chi connectivity index (χ2n) is 5.32. The molecule has 1 atom stereocenters. The van der Waals surface area contributed by atoms with Crippen molar-refractivity contribution in [3.05, 3.63) is 33.8 Å². The van der Waals surface area contributed by atoms with Gasteiger partial charge in [-0.3, -0.25) is 4.79 Å². The lowest BCUT2D eigenvalue weighted by Gasteiger charge is -2.23. The molecule has 0 aliphatic heterocycles. The molecule has 19 heavy (non-hydrogen) atoms. The summed E-state index contributed by atoms with van der Waals surface area (Å²) < 4.78 is 1.02. The molecule has 1 unspecified atom stereocenters. The Kier molecular flexibility index (Phi) is 4.99. The van der Waals surface area contributed by atoms with Gasteiger partial charge in [0.05, 0.1) is 0 Å². The molecule has 1 saturated carbocycles. The molecule has 104 valence electrons. The summed E-state index contributed by atoms with van der Waals surface area (Å²) in [4.78, 5) is 12.3. The molecule has 3 N–H and O–H groups in total. The SMILES string of the molecule is Cc1cc(C(=O)NC(CN)C2CCCC2)ccc1Br. The Balaban J connectivity index is 2.04. The first-order valence-corrected chi connectivity index (χ1v) is 7.68. The van der Waals surface area contributed by atoms with Crippen LogP contribution in [0.1, 0.15) is 41.6 Å². The summed E-state index contributed by atoms with van der Waals surface area (Å²) >= 11 is 3.45. The van der Waals surface area contributed by atoms with Gasteiger partial charge in [0.2, 0.25) is 0 Å². The van der Waals surface area contributed by atoms with E-state index in [1.54, 1.807) is 0 Å². The van der Waals surface area contributed by atoms with Crippen molar-refractivity contribution in [3.8, 4) is 0 Å². The summed E-state index contributed by atoms with van der Waals surface area (Å²) in [6.07, 6.45) is 4.88. The van der Waals surface area contributed by atoms with Gasteiger partial charge in [0, 0.05) is 22.6 Å². The van der Waals surface area contributed by atoms with Crippen molar-refractivity contribution < 1.29 is 4.79 Å². The van der Waals surface area contributed by atoms with Gasteiger partial charge in [-0.05, 0) is 49.4 Å². The van der Waals surface area contributed by atoms with Gasteiger partial charge in [-0.1, -0.05) is 28.8 Å². The van der Waals surface area contributed by atoms with E-state index in [0.717, 1.165) is 10.0 Å². The lowest BCUT2D eigenvalue weighted by atomic mass is 9.97. The topological polar surface area (TPSA) is 55.1 Å². The van der Waals surface area contributed by atoms with Crippen LogP contribution in [0.4, 0.5) is 0 Å². The average Bonchev–Trinajstić information content (AvgIpc) is 2.92. The zero-order valence-electron chi connectivity index (χ0n) is 11.3. The number of hydrogen-bond donors (Lipinski definition) is 2. The highest BCUT2D eigenvalue weighted by molar-refractivity contribution is 9.10. The lowest BCUT2D eigenvalue weighted by molar-refractivity contribution is 0.0924. The van der Waals surface area contributed by atoms with E-state index in [1.165, 1.54) is 25.7 Å². The van der Waals surface area contributed by atoms with Gasteiger partial charge in [-0.15, -0.1) is 0 Å². The number of amides is 1. The first-order valence-electron chi connectivity index (χ1n) is 6.89. The number of nitrogens with two attached hydrogens (primary N) is 1. The Morgan fingerprint density at radius 1 is 1.47 bits per heavy atom. The molecule has 4 heteroatoms.